The molecule has 104 valence electrons. The van der Waals surface area contributed by atoms with Crippen molar-refractivity contribution in [3.8, 4) is 0 Å². The van der Waals surface area contributed by atoms with Crippen molar-refractivity contribution in [3.63, 3.8) is 0 Å². The zero-order valence-corrected chi connectivity index (χ0v) is 11.8. The van der Waals surface area contributed by atoms with E-state index in [1.54, 1.807) is 0 Å². The highest BCUT2D eigenvalue weighted by molar-refractivity contribution is 5.87. The van der Waals surface area contributed by atoms with E-state index in [0.29, 0.717) is 6.54 Å². The van der Waals surface area contributed by atoms with Crippen molar-refractivity contribution in [1.82, 2.24) is 4.90 Å². The lowest BCUT2D eigenvalue weighted by Gasteiger charge is -2.30. The van der Waals surface area contributed by atoms with Crippen molar-refractivity contribution in [2.45, 2.75) is 25.8 Å². The largest absolute Gasteiger partial charge is 0.359 e. The van der Waals surface area contributed by atoms with Crippen molar-refractivity contribution in [2.75, 3.05) is 31.6 Å². The Bertz CT molecular complexity index is 430. The lowest BCUT2D eigenvalue weighted by Crippen LogP contribution is -2.42. The molecule has 0 bridgehead atoms. The molecule has 19 heavy (non-hydrogen) atoms. The van der Waals surface area contributed by atoms with Gasteiger partial charge in [-0.05, 0) is 38.4 Å². The second kappa shape index (κ2) is 6.06. The number of nitrogens with two attached hydrogens (primary N) is 1. The zero-order valence-electron chi connectivity index (χ0n) is 11.8. The molecule has 1 aliphatic heterocycles. The molecular weight excluding hydrogens is 238 g/mol. The lowest BCUT2D eigenvalue weighted by molar-refractivity contribution is -0.127. The Kier molecular flexibility index (Phi) is 4.43. The summed E-state index contributed by atoms with van der Waals surface area (Å²) in [6, 6.07) is 8.34. The molecule has 1 aliphatic rings. The van der Waals surface area contributed by atoms with Gasteiger partial charge in [-0.25, -0.2) is 0 Å². The molecule has 1 fully saturated rings. The number of likely N-dealkylation sites (tertiary alicyclic amines) is 1. The van der Waals surface area contributed by atoms with Crippen LogP contribution in [0.5, 0.6) is 0 Å². The molecule has 0 radical (unpaired) electrons. The van der Waals surface area contributed by atoms with E-state index in [1.807, 2.05) is 11.9 Å². The Balaban J connectivity index is 2.20. The first kappa shape index (κ1) is 13.9. The van der Waals surface area contributed by atoms with Gasteiger partial charge in [0.05, 0.1) is 0 Å². The normalized spacial score (nSPS) is 19.0. The van der Waals surface area contributed by atoms with Crippen molar-refractivity contribution in [3.05, 3.63) is 29.8 Å². The summed E-state index contributed by atoms with van der Waals surface area (Å²) in [6.45, 7) is 4.40. The second-order valence-corrected chi connectivity index (χ2v) is 5.24. The Morgan fingerprint density at radius 2 is 2.05 bits per heavy atom. The predicted molar refractivity (Wildman–Crippen MR) is 78.2 cm³/mol. The highest BCUT2D eigenvalue weighted by Gasteiger charge is 2.33. The molecule has 0 saturated carbocycles. The molecule has 0 aromatic heterocycles. The molecule has 2 N–H and O–H groups in total. The Morgan fingerprint density at radius 3 is 2.58 bits per heavy atom. The van der Waals surface area contributed by atoms with E-state index in [-0.39, 0.29) is 11.9 Å². The average molecular weight is 261 g/mol. The van der Waals surface area contributed by atoms with Gasteiger partial charge in [0.2, 0.25) is 5.91 Å². The van der Waals surface area contributed by atoms with Crippen LogP contribution in [-0.2, 0) is 4.79 Å². The van der Waals surface area contributed by atoms with Gasteiger partial charge in [-0.15, -0.1) is 0 Å². The number of nitrogens with zero attached hydrogens (tertiary/aromatic N) is 2. The fraction of sp³-hybridized carbons (Fsp3) is 0.533. The van der Waals surface area contributed by atoms with Gasteiger partial charge in [-0.2, -0.15) is 0 Å². The molecular formula is C15H23N3O. The van der Waals surface area contributed by atoms with Crippen molar-refractivity contribution in [1.29, 1.82) is 0 Å². The van der Waals surface area contributed by atoms with E-state index in [9.17, 15) is 4.79 Å². The fourth-order valence-corrected chi connectivity index (χ4v) is 2.56. The maximum Gasteiger partial charge on any atom is 0.245 e. The third-order valence-electron chi connectivity index (χ3n) is 3.74. The molecule has 4 heteroatoms. The van der Waals surface area contributed by atoms with Crippen LogP contribution < -0.4 is 10.6 Å². The van der Waals surface area contributed by atoms with Crippen LogP contribution in [0, 0.1) is 6.92 Å². The van der Waals surface area contributed by atoms with Gasteiger partial charge in [0, 0.05) is 25.8 Å². The Morgan fingerprint density at radius 1 is 1.37 bits per heavy atom. The van der Waals surface area contributed by atoms with Crippen LogP contribution in [-0.4, -0.2) is 43.5 Å². The number of benzene rings is 1. The number of hydrogen-bond donors (Lipinski definition) is 1. The van der Waals surface area contributed by atoms with Crippen LogP contribution >= 0.6 is 0 Å². The first-order chi connectivity index (χ1) is 9.13. The highest BCUT2D eigenvalue weighted by Crippen LogP contribution is 2.24. The number of aryl methyl sites for hydroxylation is 1. The molecule has 2 rings (SSSR count). The van der Waals surface area contributed by atoms with Gasteiger partial charge >= 0.3 is 0 Å². The predicted octanol–water partition coefficient (Wildman–Crippen LogP) is 1.38. The third kappa shape index (κ3) is 3.07. The first-order valence-electron chi connectivity index (χ1n) is 6.92. The maximum atomic E-state index is 12.2. The second-order valence-electron chi connectivity index (χ2n) is 5.24. The topological polar surface area (TPSA) is 49.6 Å². The summed E-state index contributed by atoms with van der Waals surface area (Å²) in [5, 5.41) is 0. The van der Waals surface area contributed by atoms with Crippen LogP contribution in [0.4, 0.5) is 5.69 Å². The third-order valence-corrected chi connectivity index (χ3v) is 3.74. The maximum absolute atomic E-state index is 12.2. The van der Waals surface area contributed by atoms with Crippen LogP contribution in [0.1, 0.15) is 18.4 Å². The van der Waals surface area contributed by atoms with Gasteiger partial charge in [0.25, 0.3) is 0 Å². The number of carbonyl (C=O) groups is 1. The Labute approximate surface area is 115 Å². The first-order valence-corrected chi connectivity index (χ1v) is 6.92. The number of carbonyl (C=O) groups excluding carboxylic acids is 1. The number of likely N-dealkylation sites (N-methyl/N-ethyl adjacent to an activating group) is 1. The van der Waals surface area contributed by atoms with Crippen molar-refractivity contribution in [2.24, 2.45) is 5.73 Å². The molecule has 0 aliphatic carbocycles. The highest BCUT2D eigenvalue weighted by atomic mass is 16.2. The number of hydrogen-bond acceptors (Lipinski definition) is 3. The van der Waals surface area contributed by atoms with Gasteiger partial charge in [-0.3, -0.25) is 4.79 Å². The van der Waals surface area contributed by atoms with Crippen molar-refractivity contribution < 1.29 is 4.79 Å². The minimum atomic E-state index is -0.0285. The molecule has 1 unspecified atom stereocenters. The molecule has 1 saturated heterocycles. The molecule has 1 aromatic carbocycles. The van der Waals surface area contributed by atoms with Gasteiger partial charge < -0.3 is 15.5 Å². The minimum absolute atomic E-state index is 0.0285. The SMILES string of the molecule is Cc1ccc(N(CCCN)C2CCN(C)C2=O)cc1. The molecule has 1 aromatic rings. The van der Waals surface area contributed by atoms with E-state index in [4.69, 9.17) is 5.73 Å². The molecule has 1 atom stereocenters. The van der Waals surface area contributed by atoms with E-state index in [2.05, 4.69) is 36.1 Å². The molecule has 4 nitrogen and oxygen atoms in total. The van der Waals surface area contributed by atoms with Gasteiger partial charge in [0.1, 0.15) is 6.04 Å². The minimum Gasteiger partial charge on any atom is -0.359 e. The lowest BCUT2D eigenvalue weighted by atomic mass is 10.1. The van der Waals surface area contributed by atoms with Gasteiger partial charge in [-0.1, -0.05) is 17.7 Å². The zero-order chi connectivity index (χ0) is 13.8. The van der Waals surface area contributed by atoms with Crippen molar-refractivity contribution >= 4 is 11.6 Å². The number of anilines is 1. The smallest absolute Gasteiger partial charge is 0.245 e. The van der Waals surface area contributed by atoms with Crippen LogP contribution in [0.15, 0.2) is 24.3 Å². The van der Waals surface area contributed by atoms with Gasteiger partial charge in [0.15, 0.2) is 0 Å². The number of rotatable bonds is 5. The molecule has 0 spiro atoms. The van der Waals surface area contributed by atoms with E-state index in [0.717, 1.165) is 31.6 Å². The summed E-state index contributed by atoms with van der Waals surface area (Å²) in [5.41, 5.74) is 7.97. The Hall–Kier alpha value is -1.55. The summed E-state index contributed by atoms with van der Waals surface area (Å²) < 4.78 is 0. The average Bonchev–Trinajstić information content (AvgIpc) is 2.73. The van der Waals surface area contributed by atoms with Crippen LogP contribution in [0.3, 0.4) is 0 Å². The number of amides is 1. The summed E-state index contributed by atoms with van der Waals surface area (Å²) in [4.78, 5) is 16.2. The molecule has 1 heterocycles. The van der Waals surface area contributed by atoms with Crippen LogP contribution in [0.2, 0.25) is 0 Å². The van der Waals surface area contributed by atoms with E-state index < -0.39 is 0 Å². The monoisotopic (exact) mass is 261 g/mol. The summed E-state index contributed by atoms with van der Waals surface area (Å²) in [6.07, 6.45) is 1.80. The van der Waals surface area contributed by atoms with E-state index in [1.165, 1.54) is 5.56 Å². The molecule has 1 amide bonds. The van der Waals surface area contributed by atoms with E-state index >= 15 is 0 Å². The summed E-state index contributed by atoms with van der Waals surface area (Å²) in [5.74, 6) is 0.220. The fourth-order valence-electron chi connectivity index (χ4n) is 2.56. The van der Waals surface area contributed by atoms with Crippen LogP contribution in [0.25, 0.3) is 0 Å². The standard InChI is InChI=1S/C15H23N3O/c1-12-4-6-13(7-5-12)18(10-3-9-16)14-8-11-17(2)15(14)19/h4-7,14H,3,8-11,16H2,1-2H3. The quantitative estimate of drug-likeness (QED) is 0.871. The summed E-state index contributed by atoms with van der Waals surface area (Å²) >= 11 is 0. The summed E-state index contributed by atoms with van der Waals surface area (Å²) in [7, 11) is 1.87.